The molecule has 2 heterocycles. The van der Waals surface area contributed by atoms with Crippen molar-refractivity contribution in [1.82, 2.24) is 14.8 Å². The summed E-state index contributed by atoms with van der Waals surface area (Å²) in [5.41, 5.74) is 6.27. The van der Waals surface area contributed by atoms with Crippen molar-refractivity contribution >= 4 is 11.9 Å². The number of aliphatic carboxylic acids is 1. The Hall–Kier alpha value is -2.57. The molecule has 7 heteroatoms. The Morgan fingerprint density at radius 1 is 1.40 bits per heavy atom. The Bertz CT molecular complexity index is 667. The van der Waals surface area contributed by atoms with E-state index in [1.54, 1.807) is 18.2 Å². The molecule has 20 heavy (non-hydrogen) atoms. The number of anilines is 1. The second-order valence-electron chi connectivity index (χ2n) is 4.89. The molecule has 0 fully saturated rings. The van der Waals surface area contributed by atoms with Gasteiger partial charge in [0, 0.05) is 5.92 Å². The van der Waals surface area contributed by atoms with Crippen molar-refractivity contribution in [3.8, 4) is 5.75 Å². The second kappa shape index (κ2) is 4.52. The summed E-state index contributed by atoms with van der Waals surface area (Å²) < 4.78 is 1.52. The van der Waals surface area contributed by atoms with E-state index in [0.717, 1.165) is 5.56 Å². The molecule has 1 aromatic heterocycles. The van der Waals surface area contributed by atoms with Crippen LogP contribution in [0.25, 0.3) is 0 Å². The summed E-state index contributed by atoms with van der Waals surface area (Å²) in [6, 6.07) is 6.94. The third-order valence-electron chi connectivity index (χ3n) is 3.62. The van der Waals surface area contributed by atoms with Crippen molar-refractivity contribution < 1.29 is 15.0 Å². The van der Waals surface area contributed by atoms with Crippen molar-refractivity contribution in [3.63, 3.8) is 0 Å². The highest BCUT2D eigenvalue weighted by molar-refractivity contribution is 5.75. The summed E-state index contributed by atoms with van der Waals surface area (Å²) >= 11 is 0. The van der Waals surface area contributed by atoms with Crippen LogP contribution in [0.2, 0.25) is 0 Å². The first kappa shape index (κ1) is 12.5. The van der Waals surface area contributed by atoms with Crippen LogP contribution >= 0.6 is 0 Å². The van der Waals surface area contributed by atoms with Gasteiger partial charge < -0.3 is 15.9 Å². The van der Waals surface area contributed by atoms with E-state index in [-0.39, 0.29) is 17.6 Å². The summed E-state index contributed by atoms with van der Waals surface area (Å²) in [7, 11) is 0. The second-order valence-corrected chi connectivity index (χ2v) is 4.89. The number of benzene rings is 1. The lowest BCUT2D eigenvalue weighted by atomic mass is 9.85. The first-order chi connectivity index (χ1) is 9.56. The fourth-order valence-corrected chi connectivity index (χ4v) is 2.71. The molecule has 0 aliphatic carbocycles. The predicted octanol–water partition coefficient (Wildman–Crippen LogP) is 0.922. The molecule has 4 N–H and O–H groups in total. The highest BCUT2D eigenvalue weighted by atomic mass is 16.4. The van der Waals surface area contributed by atoms with Crippen LogP contribution in [0.15, 0.2) is 24.3 Å². The SMILES string of the molecule is Nc1nc2n(n1)CC(c1ccccc1O)CC2C(=O)O. The fraction of sp³-hybridized carbons (Fsp3) is 0.308. The number of carboxylic acids is 1. The maximum atomic E-state index is 11.4. The zero-order chi connectivity index (χ0) is 14.3. The number of hydrogen-bond donors (Lipinski definition) is 3. The van der Waals surface area contributed by atoms with Crippen molar-refractivity contribution in [1.29, 1.82) is 0 Å². The van der Waals surface area contributed by atoms with Crippen LogP contribution < -0.4 is 5.73 Å². The lowest BCUT2D eigenvalue weighted by molar-refractivity contribution is -0.139. The van der Waals surface area contributed by atoms with Gasteiger partial charge in [-0.15, -0.1) is 5.10 Å². The topological polar surface area (TPSA) is 114 Å². The molecule has 0 radical (unpaired) electrons. The maximum Gasteiger partial charge on any atom is 0.314 e. The van der Waals surface area contributed by atoms with Crippen LogP contribution in [0.5, 0.6) is 5.75 Å². The van der Waals surface area contributed by atoms with Gasteiger partial charge in [-0.25, -0.2) is 4.68 Å². The van der Waals surface area contributed by atoms with E-state index in [1.807, 2.05) is 6.07 Å². The summed E-state index contributed by atoms with van der Waals surface area (Å²) in [5, 5.41) is 23.3. The molecule has 7 nitrogen and oxygen atoms in total. The molecule has 2 aromatic rings. The number of phenols is 1. The number of para-hydroxylation sites is 1. The molecule has 3 rings (SSSR count). The predicted molar refractivity (Wildman–Crippen MR) is 70.3 cm³/mol. The number of nitrogens with zero attached hydrogens (tertiary/aromatic N) is 3. The largest absolute Gasteiger partial charge is 0.508 e. The summed E-state index contributed by atoms with van der Waals surface area (Å²) in [4.78, 5) is 15.4. The molecular weight excluding hydrogens is 260 g/mol. The molecule has 1 aromatic carbocycles. The zero-order valence-electron chi connectivity index (χ0n) is 10.6. The number of nitrogens with two attached hydrogens (primary N) is 1. The molecule has 0 amide bonds. The number of hydrogen-bond acceptors (Lipinski definition) is 5. The minimum absolute atomic E-state index is 0.0733. The van der Waals surface area contributed by atoms with E-state index in [4.69, 9.17) is 5.73 Å². The molecule has 0 saturated heterocycles. The molecule has 2 atom stereocenters. The average Bonchev–Trinajstić information content (AvgIpc) is 2.77. The number of aromatic hydroxyl groups is 1. The highest BCUT2D eigenvalue weighted by Gasteiger charge is 2.36. The van der Waals surface area contributed by atoms with Gasteiger partial charge in [0.25, 0.3) is 0 Å². The lowest BCUT2D eigenvalue weighted by Gasteiger charge is -2.27. The van der Waals surface area contributed by atoms with Crippen LogP contribution in [0.1, 0.15) is 29.6 Å². The first-order valence-electron chi connectivity index (χ1n) is 6.27. The molecule has 104 valence electrons. The van der Waals surface area contributed by atoms with E-state index in [9.17, 15) is 15.0 Å². The van der Waals surface area contributed by atoms with Crippen LogP contribution in [0.4, 0.5) is 5.95 Å². The zero-order valence-corrected chi connectivity index (χ0v) is 10.6. The Kier molecular flexibility index (Phi) is 2.81. The number of nitrogen functional groups attached to an aromatic ring is 1. The van der Waals surface area contributed by atoms with E-state index in [1.165, 1.54) is 4.68 Å². The number of phenolic OH excluding ortho intramolecular Hbond substituents is 1. The molecule has 0 bridgehead atoms. The Balaban J connectivity index is 2.02. The molecule has 0 saturated carbocycles. The molecule has 1 aliphatic rings. The third-order valence-corrected chi connectivity index (χ3v) is 3.62. The summed E-state index contributed by atoms with van der Waals surface area (Å²) in [6.07, 6.45) is 0.366. The van der Waals surface area contributed by atoms with Crippen molar-refractivity contribution in [2.24, 2.45) is 0 Å². The van der Waals surface area contributed by atoms with Crippen molar-refractivity contribution in [3.05, 3.63) is 35.7 Å². The van der Waals surface area contributed by atoms with Gasteiger partial charge in [0.05, 0.1) is 6.54 Å². The summed E-state index contributed by atoms with van der Waals surface area (Å²) in [5.74, 6) is -1.24. The van der Waals surface area contributed by atoms with Crippen LogP contribution in [0, 0.1) is 0 Å². The molecule has 2 unspecified atom stereocenters. The summed E-state index contributed by atoms with van der Waals surface area (Å²) in [6.45, 7) is 0.459. The van der Waals surface area contributed by atoms with Crippen LogP contribution in [0.3, 0.4) is 0 Å². The van der Waals surface area contributed by atoms with Gasteiger partial charge in [-0.1, -0.05) is 18.2 Å². The van der Waals surface area contributed by atoms with E-state index in [0.29, 0.717) is 18.8 Å². The smallest absolute Gasteiger partial charge is 0.314 e. The first-order valence-corrected chi connectivity index (χ1v) is 6.27. The number of carboxylic acid groups (broad SMARTS) is 1. The average molecular weight is 274 g/mol. The van der Waals surface area contributed by atoms with Crippen molar-refractivity contribution in [2.75, 3.05) is 5.73 Å². The quantitative estimate of drug-likeness (QED) is 0.750. The van der Waals surface area contributed by atoms with Gasteiger partial charge in [-0.2, -0.15) is 4.98 Å². The van der Waals surface area contributed by atoms with Crippen LogP contribution in [-0.4, -0.2) is 30.9 Å². The van der Waals surface area contributed by atoms with Gasteiger partial charge in [-0.3, -0.25) is 4.79 Å². The minimum atomic E-state index is -0.959. The standard InChI is InChI=1S/C13H14N4O3/c14-13-15-11-9(12(19)20)5-7(6-17(11)16-13)8-3-1-2-4-10(8)18/h1-4,7,9,18H,5-6H2,(H2,14,16)(H,19,20). The van der Waals surface area contributed by atoms with E-state index < -0.39 is 11.9 Å². The maximum absolute atomic E-state index is 11.4. The fourth-order valence-electron chi connectivity index (χ4n) is 2.71. The van der Waals surface area contributed by atoms with Crippen LogP contribution in [-0.2, 0) is 11.3 Å². The molecular formula is C13H14N4O3. The van der Waals surface area contributed by atoms with E-state index in [2.05, 4.69) is 10.1 Å². The molecule has 0 spiro atoms. The van der Waals surface area contributed by atoms with E-state index >= 15 is 0 Å². The number of carbonyl (C=O) groups is 1. The Morgan fingerprint density at radius 3 is 2.85 bits per heavy atom. The Morgan fingerprint density at radius 2 is 2.15 bits per heavy atom. The Labute approximate surface area is 114 Å². The monoisotopic (exact) mass is 274 g/mol. The van der Waals surface area contributed by atoms with Gasteiger partial charge in [0.15, 0.2) is 0 Å². The number of fused-ring (bicyclic) bond motifs is 1. The van der Waals surface area contributed by atoms with Crippen molar-refractivity contribution in [2.45, 2.75) is 24.8 Å². The van der Waals surface area contributed by atoms with Gasteiger partial charge in [-0.05, 0) is 18.1 Å². The number of aromatic nitrogens is 3. The van der Waals surface area contributed by atoms with Gasteiger partial charge in [0.1, 0.15) is 17.5 Å². The molecule has 1 aliphatic heterocycles. The lowest BCUT2D eigenvalue weighted by Crippen LogP contribution is -2.28. The minimum Gasteiger partial charge on any atom is -0.508 e. The normalized spacial score (nSPS) is 21.4. The van der Waals surface area contributed by atoms with Gasteiger partial charge in [0.2, 0.25) is 5.95 Å². The third kappa shape index (κ3) is 1.97. The van der Waals surface area contributed by atoms with Gasteiger partial charge >= 0.3 is 5.97 Å². The highest BCUT2D eigenvalue weighted by Crippen LogP contribution is 2.38. The number of rotatable bonds is 2.